The van der Waals surface area contributed by atoms with Crippen molar-refractivity contribution in [2.24, 2.45) is 0 Å². The Morgan fingerprint density at radius 1 is 0.306 bits per heavy atom. The topological polar surface area (TPSA) is 35.6 Å². The number of fused-ring (bicyclic) bond motifs is 10. The summed E-state index contributed by atoms with van der Waals surface area (Å²) in [6.07, 6.45) is 0. The number of aromatic nitrogens is 4. The Kier molecular flexibility index (Phi) is 7.57. The number of benzene rings is 10. The van der Waals surface area contributed by atoms with Gasteiger partial charge in [0.05, 0.1) is 38.8 Å². The summed E-state index contributed by atoms with van der Waals surface area (Å²) in [6, 6.07) is 78.5. The molecule has 0 amide bonds. The predicted octanol–water partition coefficient (Wildman–Crippen LogP) is 15.1. The second-order valence-electron chi connectivity index (χ2n) is 16.1. The number of hydrogen-bond acceptors (Lipinski definition) is 2. The van der Waals surface area contributed by atoms with Gasteiger partial charge in [-0.15, -0.1) is 0 Å². The summed E-state index contributed by atoms with van der Waals surface area (Å²) in [7, 11) is 0. The van der Waals surface area contributed by atoms with Crippen LogP contribution in [0, 0.1) is 0 Å². The van der Waals surface area contributed by atoms with Crippen molar-refractivity contribution in [2.75, 3.05) is 0 Å². The third kappa shape index (κ3) is 5.07. The molecule has 0 unspecified atom stereocenters. The van der Waals surface area contributed by atoms with Crippen LogP contribution in [0.25, 0.3) is 121 Å². The summed E-state index contributed by atoms with van der Waals surface area (Å²) in [5.74, 6) is 0.809. The van der Waals surface area contributed by atoms with Crippen molar-refractivity contribution in [3.63, 3.8) is 0 Å². The average Bonchev–Trinajstić information content (AvgIpc) is 3.87. The van der Waals surface area contributed by atoms with Gasteiger partial charge in [-0.25, -0.2) is 9.97 Å². The first-order chi connectivity index (χ1) is 30.8. The molecule has 3 heterocycles. The molecule has 4 heteroatoms. The SMILES string of the molecule is c1ccc(-c2nc3ccccc3nc2-n2c3cccc(-c4cccc5c4c4ccccc4n5-c4ccc(-c5ccccc5)c5ccccc45)c3c3ccc4ccccc4c32)cc1. The van der Waals surface area contributed by atoms with Gasteiger partial charge in [0, 0.05) is 37.9 Å². The third-order valence-corrected chi connectivity index (χ3v) is 12.7. The van der Waals surface area contributed by atoms with Crippen LogP contribution in [0.1, 0.15) is 0 Å². The minimum absolute atomic E-state index is 0.809. The number of rotatable bonds is 5. The highest BCUT2D eigenvalue weighted by Crippen LogP contribution is 2.46. The van der Waals surface area contributed by atoms with E-state index in [1.54, 1.807) is 0 Å². The lowest BCUT2D eigenvalue weighted by Gasteiger charge is -2.15. The van der Waals surface area contributed by atoms with E-state index in [0.29, 0.717) is 0 Å². The van der Waals surface area contributed by atoms with E-state index in [2.05, 4.69) is 215 Å². The van der Waals surface area contributed by atoms with Gasteiger partial charge in [0.2, 0.25) is 0 Å². The Morgan fingerprint density at radius 2 is 0.871 bits per heavy atom. The molecule has 3 aromatic heterocycles. The molecule has 13 rings (SSSR count). The second-order valence-corrected chi connectivity index (χ2v) is 16.1. The highest BCUT2D eigenvalue weighted by Gasteiger charge is 2.25. The predicted molar refractivity (Wildman–Crippen MR) is 260 cm³/mol. The maximum Gasteiger partial charge on any atom is 0.165 e. The van der Waals surface area contributed by atoms with Gasteiger partial charge < -0.3 is 4.57 Å². The van der Waals surface area contributed by atoms with Crippen LogP contribution < -0.4 is 0 Å². The summed E-state index contributed by atoms with van der Waals surface area (Å²) < 4.78 is 4.85. The van der Waals surface area contributed by atoms with Crippen molar-refractivity contribution in [3.8, 4) is 45.0 Å². The molecule has 0 spiro atoms. The molecule has 0 atom stereocenters. The van der Waals surface area contributed by atoms with Gasteiger partial charge in [0.1, 0.15) is 5.69 Å². The van der Waals surface area contributed by atoms with Gasteiger partial charge in [-0.05, 0) is 69.4 Å². The van der Waals surface area contributed by atoms with E-state index in [-0.39, 0.29) is 0 Å². The van der Waals surface area contributed by atoms with E-state index >= 15 is 0 Å². The standard InChI is InChI=1S/C58H36N4/c1-3-17-37(18-4-1)40-35-36-51(43-24-10-9-23-42(40)43)61-50-30-14-11-25-46(50)54-44(26-15-31-52(54)61)45-27-16-32-53-55(45)47-34-33-38-19-7-8-22-41(38)57(47)62(53)58-56(39-20-5-2-6-21-39)59-48-28-12-13-29-49(48)60-58/h1-36H. The van der Waals surface area contributed by atoms with Crippen molar-refractivity contribution in [1.29, 1.82) is 0 Å². The molecule has 0 aliphatic rings. The number of hydrogen-bond donors (Lipinski definition) is 0. The molecular weight excluding hydrogens is 753 g/mol. The molecule has 0 fully saturated rings. The average molecular weight is 789 g/mol. The Morgan fingerprint density at radius 3 is 1.63 bits per heavy atom. The number of nitrogens with zero attached hydrogens (tertiary/aromatic N) is 4. The molecule has 0 radical (unpaired) electrons. The van der Waals surface area contributed by atoms with E-state index in [1.807, 2.05) is 12.1 Å². The van der Waals surface area contributed by atoms with Crippen molar-refractivity contribution in [1.82, 2.24) is 19.1 Å². The van der Waals surface area contributed by atoms with Gasteiger partial charge >= 0.3 is 0 Å². The van der Waals surface area contributed by atoms with Crippen LogP contribution in [0.3, 0.4) is 0 Å². The summed E-state index contributed by atoms with van der Waals surface area (Å²) in [6.45, 7) is 0. The Labute approximate surface area is 357 Å². The van der Waals surface area contributed by atoms with Crippen molar-refractivity contribution in [3.05, 3.63) is 218 Å². The molecule has 0 bridgehead atoms. The van der Waals surface area contributed by atoms with Crippen LogP contribution in [0.4, 0.5) is 0 Å². The summed E-state index contributed by atoms with van der Waals surface area (Å²) >= 11 is 0. The zero-order valence-corrected chi connectivity index (χ0v) is 33.6. The molecule has 0 saturated carbocycles. The zero-order chi connectivity index (χ0) is 40.7. The Hall–Kier alpha value is -8.34. The molecule has 10 aromatic carbocycles. The second kappa shape index (κ2) is 13.6. The van der Waals surface area contributed by atoms with E-state index in [4.69, 9.17) is 9.97 Å². The van der Waals surface area contributed by atoms with Crippen LogP contribution >= 0.6 is 0 Å². The lowest BCUT2D eigenvalue weighted by molar-refractivity contribution is 1.08. The van der Waals surface area contributed by atoms with E-state index < -0.39 is 0 Å². The van der Waals surface area contributed by atoms with Crippen LogP contribution in [-0.4, -0.2) is 19.1 Å². The monoisotopic (exact) mass is 788 g/mol. The van der Waals surface area contributed by atoms with Crippen LogP contribution in [-0.2, 0) is 0 Å². The maximum absolute atomic E-state index is 5.48. The highest BCUT2D eigenvalue weighted by atomic mass is 15.1. The van der Waals surface area contributed by atoms with Crippen molar-refractivity contribution < 1.29 is 0 Å². The van der Waals surface area contributed by atoms with Gasteiger partial charge in [0.25, 0.3) is 0 Å². The molecule has 13 aromatic rings. The van der Waals surface area contributed by atoms with Gasteiger partial charge in [0.15, 0.2) is 5.82 Å². The van der Waals surface area contributed by atoms with E-state index in [1.165, 1.54) is 76.4 Å². The molecule has 0 aliphatic heterocycles. The fourth-order valence-corrected chi connectivity index (χ4v) is 10.1. The lowest BCUT2D eigenvalue weighted by atomic mass is 9.95. The first-order valence-corrected chi connectivity index (χ1v) is 21.2. The fourth-order valence-electron chi connectivity index (χ4n) is 10.1. The first-order valence-electron chi connectivity index (χ1n) is 21.2. The molecule has 62 heavy (non-hydrogen) atoms. The quantitative estimate of drug-likeness (QED) is 0.174. The molecule has 4 nitrogen and oxygen atoms in total. The maximum atomic E-state index is 5.48. The fraction of sp³-hybridized carbons (Fsp3) is 0. The van der Waals surface area contributed by atoms with Crippen LogP contribution in [0.15, 0.2) is 218 Å². The van der Waals surface area contributed by atoms with Gasteiger partial charge in [-0.2, -0.15) is 0 Å². The lowest BCUT2D eigenvalue weighted by Crippen LogP contribution is -2.04. The summed E-state index contributed by atoms with van der Waals surface area (Å²) in [5.41, 5.74) is 14.1. The first kappa shape index (κ1) is 34.5. The van der Waals surface area contributed by atoms with Crippen molar-refractivity contribution in [2.45, 2.75) is 0 Å². The van der Waals surface area contributed by atoms with Gasteiger partial charge in [-0.3, -0.25) is 4.57 Å². The normalized spacial score (nSPS) is 11.9. The van der Waals surface area contributed by atoms with E-state index in [9.17, 15) is 0 Å². The molecule has 0 aliphatic carbocycles. The summed E-state index contributed by atoms with van der Waals surface area (Å²) in [4.78, 5) is 10.8. The molecule has 0 saturated heterocycles. The molecule has 288 valence electrons. The minimum Gasteiger partial charge on any atom is -0.309 e. The van der Waals surface area contributed by atoms with Crippen LogP contribution in [0.5, 0.6) is 0 Å². The highest BCUT2D eigenvalue weighted by molar-refractivity contribution is 6.26. The van der Waals surface area contributed by atoms with Crippen molar-refractivity contribution >= 4 is 76.2 Å². The smallest absolute Gasteiger partial charge is 0.165 e. The Balaban J connectivity index is 1.13. The third-order valence-electron chi connectivity index (χ3n) is 12.7. The number of para-hydroxylation sites is 3. The van der Waals surface area contributed by atoms with Gasteiger partial charge in [-0.1, -0.05) is 182 Å². The molecule has 0 N–H and O–H groups in total. The molecular formula is C58H36N4. The van der Waals surface area contributed by atoms with E-state index in [0.717, 1.165) is 44.8 Å². The minimum atomic E-state index is 0.809. The Bertz CT molecular complexity index is 3920. The summed E-state index contributed by atoms with van der Waals surface area (Å²) in [5, 5.41) is 9.59. The largest absolute Gasteiger partial charge is 0.309 e. The zero-order valence-electron chi connectivity index (χ0n) is 33.6. The van der Waals surface area contributed by atoms with Crippen LogP contribution in [0.2, 0.25) is 0 Å².